The second-order valence-corrected chi connectivity index (χ2v) is 7.62. The van der Waals surface area contributed by atoms with Gasteiger partial charge in [0.05, 0.1) is 5.01 Å². The van der Waals surface area contributed by atoms with Gasteiger partial charge in [-0.1, -0.05) is 6.42 Å². The van der Waals surface area contributed by atoms with E-state index in [1.54, 1.807) is 0 Å². The highest BCUT2D eigenvalue weighted by Gasteiger charge is 2.23. The van der Waals surface area contributed by atoms with E-state index < -0.39 is 0 Å². The molecule has 4 heteroatoms. The van der Waals surface area contributed by atoms with Crippen molar-refractivity contribution in [1.29, 1.82) is 0 Å². The van der Waals surface area contributed by atoms with Crippen LogP contribution in [0.5, 0.6) is 0 Å². The highest BCUT2D eigenvalue weighted by molar-refractivity contribution is 7.11. The van der Waals surface area contributed by atoms with Crippen LogP contribution >= 0.6 is 11.3 Å². The van der Waals surface area contributed by atoms with Crippen LogP contribution in [0.4, 0.5) is 0 Å². The van der Waals surface area contributed by atoms with Gasteiger partial charge in [-0.2, -0.15) is 0 Å². The van der Waals surface area contributed by atoms with Crippen LogP contribution in [0.15, 0.2) is 6.20 Å². The molecule has 2 saturated heterocycles. The van der Waals surface area contributed by atoms with Gasteiger partial charge in [0.25, 0.3) is 0 Å². The van der Waals surface area contributed by atoms with E-state index in [1.807, 2.05) is 17.5 Å². The first-order valence-corrected chi connectivity index (χ1v) is 9.00. The van der Waals surface area contributed by atoms with Gasteiger partial charge in [0.15, 0.2) is 0 Å². The molecule has 1 aromatic heterocycles. The molecule has 0 amide bonds. The minimum atomic E-state index is 0.684. The van der Waals surface area contributed by atoms with Crippen molar-refractivity contribution in [2.24, 2.45) is 0 Å². The molecule has 3 nitrogen and oxygen atoms in total. The number of nitrogens with zero attached hydrogens (tertiary/aromatic N) is 3. The Morgan fingerprint density at radius 1 is 1.10 bits per heavy atom. The van der Waals surface area contributed by atoms with Crippen LogP contribution in [-0.2, 0) is 0 Å². The zero-order valence-electron chi connectivity index (χ0n) is 12.7. The number of hydrogen-bond donors (Lipinski definition) is 0. The number of aryl methyl sites for hydroxylation is 1. The lowest BCUT2D eigenvalue weighted by Gasteiger charge is -2.34. The third kappa shape index (κ3) is 3.80. The van der Waals surface area contributed by atoms with Crippen LogP contribution < -0.4 is 0 Å². The van der Waals surface area contributed by atoms with Crippen molar-refractivity contribution in [3.8, 4) is 0 Å². The minimum absolute atomic E-state index is 0.684. The van der Waals surface area contributed by atoms with E-state index in [2.05, 4.69) is 21.7 Å². The molecular formula is C16H27N3S. The lowest BCUT2D eigenvalue weighted by Crippen LogP contribution is -2.41. The lowest BCUT2D eigenvalue weighted by atomic mass is 9.99. The maximum Gasteiger partial charge on any atom is 0.0971 e. The number of hydrogen-bond acceptors (Lipinski definition) is 4. The Kier molecular flexibility index (Phi) is 5.08. The lowest BCUT2D eigenvalue weighted by molar-refractivity contribution is 0.157. The smallest absolute Gasteiger partial charge is 0.0971 e. The van der Waals surface area contributed by atoms with Crippen molar-refractivity contribution in [3.05, 3.63) is 16.1 Å². The highest BCUT2D eigenvalue weighted by atomic mass is 32.1. The molecule has 1 atom stereocenters. The maximum absolute atomic E-state index is 4.61. The summed E-state index contributed by atoms with van der Waals surface area (Å²) in [6.07, 6.45) is 8.94. The van der Waals surface area contributed by atoms with Gasteiger partial charge in [0, 0.05) is 36.6 Å². The van der Waals surface area contributed by atoms with Gasteiger partial charge in [-0.15, -0.1) is 11.3 Å². The molecule has 2 aliphatic rings. The summed E-state index contributed by atoms with van der Waals surface area (Å²) < 4.78 is 0. The molecule has 0 aromatic carbocycles. The normalized spacial score (nSPS) is 25.9. The zero-order chi connectivity index (χ0) is 13.8. The molecule has 0 N–H and O–H groups in total. The van der Waals surface area contributed by atoms with Crippen LogP contribution in [0.25, 0.3) is 0 Å². The van der Waals surface area contributed by atoms with Crippen molar-refractivity contribution >= 4 is 11.3 Å². The molecule has 0 unspecified atom stereocenters. The Morgan fingerprint density at radius 2 is 1.85 bits per heavy atom. The highest BCUT2D eigenvalue weighted by Crippen LogP contribution is 2.29. The van der Waals surface area contributed by atoms with Crippen LogP contribution in [0.1, 0.15) is 47.9 Å². The van der Waals surface area contributed by atoms with Crippen molar-refractivity contribution in [2.75, 3.05) is 39.3 Å². The summed E-state index contributed by atoms with van der Waals surface area (Å²) >= 11 is 1.89. The second kappa shape index (κ2) is 7.01. The average molecular weight is 293 g/mol. The fourth-order valence-electron chi connectivity index (χ4n) is 3.49. The predicted molar refractivity (Wildman–Crippen MR) is 85.6 cm³/mol. The number of aromatic nitrogens is 1. The molecule has 2 aliphatic heterocycles. The number of piperidine rings is 2. The first-order chi connectivity index (χ1) is 9.81. The standard InChI is InChI=1S/C16H27N3S/c1-14-12-17-16(20-14)15-6-5-9-19(13-15)11-10-18-7-3-2-4-8-18/h12,15H,2-11,13H2,1H3/t15-/m1/s1. The number of likely N-dealkylation sites (tertiary alicyclic amines) is 2. The molecule has 0 radical (unpaired) electrons. The van der Waals surface area contributed by atoms with Gasteiger partial charge in [-0.05, 0) is 52.2 Å². The molecule has 2 fully saturated rings. The van der Waals surface area contributed by atoms with E-state index in [-0.39, 0.29) is 0 Å². The van der Waals surface area contributed by atoms with Gasteiger partial charge < -0.3 is 9.80 Å². The molecule has 0 spiro atoms. The van der Waals surface area contributed by atoms with Crippen LogP contribution in [0, 0.1) is 6.92 Å². The Bertz CT molecular complexity index is 412. The Balaban J connectivity index is 1.47. The van der Waals surface area contributed by atoms with Gasteiger partial charge in [0.2, 0.25) is 0 Å². The van der Waals surface area contributed by atoms with Crippen molar-refractivity contribution in [3.63, 3.8) is 0 Å². The Hall–Kier alpha value is -0.450. The average Bonchev–Trinajstić information content (AvgIpc) is 2.93. The second-order valence-electron chi connectivity index (χ2n) is 6.35. The first-order valence-electron chi connectivity index (χ1n) is 8.18. The van der Waals surface area contributed by atoms with Gasteiger partial charge in [-0.3, -0.25) is 0 Å². The summed E-state index contributed by atoms with van der Waals surface area (Å²) in [7, 11) is 0. The molecular weight excluding hydrogens is 266 g/mol. The van der Waals surface area contributed by atoms with E-state index in [1.165, 1.54) is 81.3 Å². The Labute approximate surface area is 127 Å². The summed E-state index contributed by atoms with van der Waals surface area (Å²) in [6, 6.07) is 0. The fraction of sp³-hybridized carbons (Fsp3) is 0.812. The topological polar surface area (TPSA) is 19.4 Å². The summed E-state index contributed by atoms with van der Waals surface area (Å²) in [5.74, 6) is 0.684. The first kappa shape index (κ1) is 14.5. The SMILES string of the molecule is Cc1cnc([C@@H]2CCCN(CCN3CCCCC3)C2)s1. The van der Waals surface area contributed by atoms with Crippen molar-refractivity contribution < 1.29 is 0 Å². The zero-order valence-corrected chi connectivity index (χ0v) is 13.5. The van der Waals surface area contributed by atoms with Crippen molar-refractivity contribution in [2.45, 2.75) is 44.9 Å². The monoisotopic (exact) mass is 293 g/mol. The summed E-state index contributed by atoms with van der Waals surface area (Å²) in [5, 5.41) is 1.37. The van der Waals surface area contributed by atoms with Crippen molar-refractivity contribution in [1.82, 2.24) is 14.8 Å². The van der Waals surface area contributed by atoms with Crippen LogP contribution in [-0.4, -0.2) is 54.1 Å². The summed E-state index contributed by atoms with van der Waals surface area (Å²) in [5.41, 5.74) is 0. The molecule has 3 rings (SSSR count). The molecule has 20 heavy (non-hydrogen) atoms. The maximum atomic E-state index is 4.61. The van der Waals surface area contributed by atoms with Gasteiger partial charge in [0.1, 0.15) is 0 Å². The van der Waals surface area contributed by atoms with E-state index in [9.17, 15) is 0 Å². The molecule has 3 heterocycles. The quantitative estimate of drug-likeness (QED) is 0.850. The van der Waals surface area contributed by atoms with Crippen LogP contribution in [0.3, 0.4) is 0 Å². The molecule has 112 valence electrons. The van der Waals surface area contributed by atoms with Crippen LogP contribution in [0.2, 0.25) is 0 Å². The van der Waals surface area contributed by atoms with Gasteiger partial charge >= 0.3 is 0 Å². The molecule has 0 bridgehead atoms. The summed E-state index contributed by atoms with van der Waals surface area (Å²) in [6.45, 7) is 9.84. The minimum Gasteiger partial charge on any atom is -0.302 e. The molecule has 0 saturated carbocycles. The third-order valence-electron chi connectivity index (χ3n) is 4.68. The number of rotatable bonds is 4. The van der Waals surface area contributed by atoms with E-state index in [4.69, 9.17) is 0 Å². The number of thiazole rings is 1. The van der Waals surface area contributed by atoms with E-state index >= 15 is 0 Å². The predicted octanol–water partition coefficient (Wildman–Crippen LogP) is 3.12. The third-order valence-corrected chi connectivity index (χ3v) is 5.75. The Morgan fingerprint density at radius 3 is 2.60 bits per heavy atom. The van der Waals surface area contributed by atoms with E-state index in [0.717, 1.165) is 0 Å². The summed E-state index contributed by atoms with van der Waals surface area (Å²) in [4.78, 5) is 11.3. The van der Waals surface area contributed by atoms with Gasteiger partial charge in [-0.25, -0.2) is 4.98 Å². The molecule has 0 aliphatic carbocycles. The fourth-order valence-corrected chi connectivity index (χ4v) is 4.39. The largest absolute Gasteiger partial charge is 0.302 e. The van der Waals surface area contributed by atoms with E-state index in [0.29, 0.717) is 5.92 Å². The molecule has 1 aromatic rings.